The van der Waals surface area contributed by atoms with E-state index in [9.17, 15) is 9.59 Å². The quantitative estimate of drug-likeness (QED) is 0.741. The minimum atomic E-state index is -0.480. The summed E-state index contributed by atoms with van der Waals surface area (Å²) in [5.41, 5.74) is 1.01. The fourth-order valence-electron chi connectivity index (χ4n) is 2.19. The van der Waals surface area contributed by atoms with E-state index in [0.717, 1.165) is 22.9 Å². The molecule has 0 unspecified atom stereocenters. The van der Waals surface area contributed by atoms with Gasteiger partial charge in [0.05, 0.1) is 0 Å². The normalized spacial score (nSPS) is 13.3. The largest absolute Gasteiger partial charge is 0.352 e. The Bertz CT molecular complexity index is 516. The van der Waals surface area contributed by atoms with Crippen molar-refractivity contribution in [3.8, 4) is 0 Å². The third-order valence-electron chi connectivity index (χ3n) is 3.90. The second-order valence-electron chi connectivity index (χ2n) is 5.89. The summed E-state index contributed by atoms with van der Waals surface area (Å²) in [6, 6.07) is 7.46. The standard InChI is InChI=1S/C18H27BrN2O2/c1-5-7-17(22)21(12-15-8-10-16(19)11-9-15)14(4)18(23)20-13(3)6-2/h8-11,13-14H,5-7,12H2,1-4H3,(H,20,23)/t13-,14-/m1/s1. The number of hydrogen-bond acceptors (Lipinski definition) is 2. The first-order chi connectivity index (χ1) is 10.9. The van der Waals surface area contributed by atoms with Gasteiger partial charge in [-0.25, -0.2) is 0 Å². The molecule has 1 rings (SSSR count). The molecule has 0 aromatic heterocycles. The van der Waals surface area contributed by atoms with Gasteiger partial charge in [-0.15, -0.1) is 0 Å². The molecule has 0 bridgehead atoms. The molecule has 0 aliphatic rings. The number of nitrogens with one attached hydrogen (secondary N) is 1. The van der Waals surface area contributed by atoms with Crippen LogP contribution in [0.1, 0.15) is 52.5 Å². The summed E-state index contributed by atoms with van der Waals surface area (Å²) in [4.78, 5) is 26.5. The molecule has 2 amide bonds. The first-order valence-electron chi connectivity index (χ1n) is 8.23. The van der Waals surface area contributed by atoms with Gasteiger partial charge >= 0.3 is 0 Å². The van der Waals surface area contributed by atoms with Crippen LogP contribution in [-0.2, 0) is 16.1 Å². The van der Waals surface area contributed by atoms with Gasteiger partial charge in [0.2, 0.25) is 11.8 Å². The average Bonchev–Trinajstić information content (AvgIpc) is 2.53. The van der Waals surface area contributed by atoms with Crippen LogP contribution in [0.25, 0.3) is 0 Å². The molecule has 128 valence electrons. The van der Waals surface area contributed by atoms with E-state index in [1.807, 2.05) is 45.0 Å². The van der Waals surface area contributed by atoms with E-state index in [2.05, 4.69) is 21.2 Å². The summed E-state index contributed by atoms with van der Waals surface area (Å²) in [6.45, 7) is 8.21. The third-order valence-corrected chi connectivity index (χ3v) is 4.43. The third kappa shape index (κ3) is 6.34. The van der Waals surface area contributed by atoms with Gasteiger partial charge < -0.3 is 10.2 Å². The second-order valence-corrected chi connectivity index (χ2v) is 6.81. The Morgan fingerprint density at radius 1 is 1.17 bits per heavy atom. The van der Waals surface area contributed by atoms with Crippen molar-refractivity contribution in [3.63, 3.8) is 0 Å². The molecule has 0 aliphatic carbocycles. The summed E-state index contributed by atoms with van der Waals surface area (Å²) < 4.78 is 0.996. The molecule has 0 heterocycles. The van der Waals surface area contributed by atoms with Crippen LogP contribution in [0, 0.1) is 0 Å². The van der Waals surface area contributed by atoms with Gasteiger partial charge in [-0.05, 0) is 44.4 Å². The SMILES string of the molecule is CCCC(=O)N(Cc1ccc(Br)cc1)[C@H](C)C(=O)N[C@H](C)CC. The maximum absolute atomic E-state index is 12.5. The average molecular weight is 383 g/mol. The predicted molar refractivity (Wildman–Crippen MR) is 97.0 cm³/mol. The van der Waals surface area contributed by atoms with Gasteiger partial charge in [-0.1, -0.05) is 41.9 Å². The molecule has 1 N–H and O–H groups in total. The monoisotopic (exact) mass is 382 g/mol. The number of hydrogen-bond donors (Lipinski definition) is 1. The van der Waals surface area contributed by atoms with E-state index in [1.165, 1.54) is 0 Å². The molecule has 1 aromatic rings. The molecule has 5 heteroatoms. The van der Waals surface area contributed by atoms with Crippen molar-refractivity contribution >= 4 is 27.7 Å². The van der Waals surface area contributed by atoms with Crippen molar-refractivity contribution in [2.75, 3.05) is 0 Å². The zero-order valence-corrected chi connectivity index (χ0v) is 16.0. The van der Waals surface area contributed by atoms with Crippen molar-refractivity contribution < 1.29 is 9.59 Å². The molecule has 1 aromatic carbocycles. The number of carbonyl (C=O) groups is 2. The zero-order valence-electron chi connectivity index (χ0n) is 14.4. The Labute approximate surface area is 147 Å². The highest BCUT2D eigenvalue weighted by Crippen LogP contribution is 2.15. The molecule has 4 nitrogen and oxygen atoms in total. The Kier molecular flexibility index (Phi) is 8.31. The van der Waals surface area contributed by atoms with Crippen molar-refractivity contribution in [1.82, 2.24) is 10.2 Å². The van der Waals surface area contributed by atoms with Gasteiger partial charge in [0.1, 0.15) is 6.04 Å². The van der Waals surface area contributed by atoms with Crippen molar-refractivity contribution in [2.45, 2.75) is 65.6 Å². The molecule has 2 atom stereocenters. The van der Waals surface area contributed by atoms with E-state index in [-0.39, 0.29) is 17.9 Å². The van der Waals surface area contributed by atoms with Crippen molar-refractivity contribution in [1.29, 1.82) is 0 Å². The highest BCUT2D eigenvalue weighted by molar-refractivity contribution is 9.10. The number of amides is 2. The van der Waals surface area contributed by atoms with E-state index in [4.69, 9.17) is 0 Å². The van der Waals surface area contributed by atoms with Crippen molar-refractivity contribution in [3.05, 3.63) is 34.3 Å². The van der Waals surface area contributed by atoms with E-state index >= 15 is 0 Å². The van der Waals surface area contributed by atoms with Gasteiger partial charge in [0.25, 0.3) is 0 Å². The van der Waals surface area contributed by atoms with Gasteiger partial charge in [0.15, 0.2) is 0 Å². The molecular formula is C18H27BrN2O2. The highest BCUT2D eigenvalue weighted by atomic mass is 79.9. The lowest BCUT2D eigenvalue weighted by Crippen LogP contribution is -2.49. The van der Waals surface area contributed by atoms with Crippen LogP contribution in [-0.4, -0.2) is 28.8 Å². The van der Waals surface area contributed by atoms with E-state index in [0.29, 0.717) is 13.0 Å². The van der Waals surface area contributed by atoms with E-state index < -0.39 is 6.04 Å². The topological polar surface area (TPSA) is 49.4 Å². The maximum atomic E-state index is 12.5. The number of halogens is 1. The zero-order chi connectivity index (χ0) is 17.4. The summed E-state index contributed by atoms with van der Waals surface area (Å²) >= 11 is 3.41. The lowest BCUT2D eigenvalue weighted by Gasteiger charge is -2.29. The minimum absolute atomic E-state index is 0.0159. The fourth-order valence-corrected chi connectivity index (χ4v) is 2.46. The molecule has 0 saturated heterocycles. The summed E-state index contributed by atoms with van der Waals surface area (Å²) in [5.74, 6) is -0.0804. The number of carbonyl (C=O) groups excluding carboxylic acids is 2. The van der Waals surface area contributed by atoms with Crippen LogP contribution < -0.4 is 5.32 Å². The smallest absolute Gasteiger partial charge is 0.242 e. The van der Waals surface area contributed by atoms with Gasteiger partial charge in [0, 0.05) is 23.5 Å². The molecule has 0 spiro atoms. The number of rotatable bonds is 8. The van der Waals surface area contributed by atoms with Crippen LogP contribution in [0.4, 0.5) is 0 Å². The van der Waals surface area contributed by atoms with Crippen LogP contribution in [0.15, 0.2) is 28.7 Å². The lowest BCUT2D eigenvalue weighted by molar-refractivity contribution is -0.140. The molecule has 0 radical (unpaired) electrons. The molecule has 23 heavy (non-hydrogen) atoms. The highest BCUT2D eigenvalue weighted by Gasteiger charge is 2.26. The minimum Gasteiger partial charge on any atom is -0.352 e. The van der Waals surface area contributed by atoms with E-state index in [1.54, 1.807) is 11.8 Å². The van der Waals surface area contributed by atoms with Gasteiger partial charge in [-0.3, -0.25) is 9.59 Å². The molecule has 0 fully saturated rings. The Morgan fingerprint density at radius 2 is 1.78 bits per heavy atom. The Morgan fingerprint density at radius 3 is 2.30 bits per heavy atom. The fraction of sp³-hybridized carbons (Fsp3) is 0.556. The summed E-state index contributed by atoms with van der Waals surface area (Å²) in [7, 11) is 0. The van der Waals surface area contributed by atoms with Crippen LogP contribution in [0.2, 0.25) is 0 Å². The first kappa shape index (κ1) is 19.7. The van der Waals surface area contributed by atoms with Crippen LogP contribution in [0.5, 0.6) is 0 Å². The second kappa shape index (κ2) is 9.71. The Hall–Kier alpha value is -1.36. The predicted octanol–water partition coefficient (Wildman–Crippen LogP) is 3.88. The van der Waals surface area contributed by atoms with Crippen molar-refractivity contribution in [2.24, 2.45) is 0 Å². The molecule has 0 saturated carbocycles. The lowest BCUT2D eigenvalue weighted by atomic mass is 10.1. The Balaban J connectivity index is 2.88. The number of benzene rings is 1. The van der Waals surface area contributed by atoms with Crippen LogP contribution in [0.3, 0.4) is 0 Å². The van der Waals surface area contributed by atoms with Crippen LogP contribution >= 0.6 is 15.9 Å². The first-order valence-corrected chi connectivity index (χ1v) is 9.02. The molecule has 0 aliphatic heterocycles. The summed E-state index contributed by atoms with van der Waals surface area (Å²) in [6.07, 6.45) is 2.10. The summed E-state index contributed by atoms with van der Waals surface area (Å²) in [5, 5.41) is 2.96. The maximum Gasteiger partial charge on any atom is 0.242 e. The van der Waals surface area contributed by atoms with Gasteiger partial charge in [-0.2, -0.15) is 0 Å². The number of nitrogens with zero attached hydrogens (tertiary/aromatic N) is 1. The molecular weight excluding hydrogens is 356 g/mol.